The molecule has 5 rings (SSSR count). The first-order chi connectivity index (χ1) is 14.7. The van der Waals surface area contributed by atoms with E-state index in [0.717, 1.165) is 54.2 Å². The summed E-state index contributed by atoms with van der Waals surface area (Å²) in [6, 6.07) is 15.8. The monoisotopic (exact) mass is 401 g/mol. The largest absolute Gasteiger partial charge is 0.399 e. The van der Waals surface area contributed by atoms with E-state index in [1.807, 2.05) is 37.3 Å². The van der Waals surface area contributed by atoms with Crippen LogP contribution in [0.25, 0.3) is 22.3 Å². The Balaban J connectivity index is 1.62. The standard InChI is InChI=1S/C22H23N7O/c1-14-12-20(28-27-14)25-22-18-7-6-17(29-8-10-30-11-9-29)13-19(18)24-21(26-22)15-2-4-16(23)5-3-15/h2-7,12-13H,8-11,23H2,1H3,(H2,24,25,26,27,28). The number of hydrogen-bond donors (Lipinski definition) is 3. The summed E-state index contributed by atoms with van der Waals surface area (Å²) in [5, 5.41) is 11.5. The lowest BCUT2D eigenvalue weighted by Gasteiger charge is -2.29. The van der Waals surface area contributed by atoms with Crippen molar-refractivity contribution in [1.82, 2.24) is 20.2 Å². The predicted molar refractivity (Wildman–Crippen MR) is 119 cm³/mol. The van der Waals surface area contributed by atoms with Crippen LogP contribution in [-0.2, 0) is 4.74 Å². The normalized spacial score (nSPS) is 14.2. The van der Waals surface area contributed by atoms with Gasteiger partial charge in [-0.3, -0.25) is 5.10 Å². The molecule has 0 aliphatic carbocycles. The highest BCUT2D eigenvalue weighted by Gasteiger charge is 2.15. The van der Waals surface area contributed by atoms with Crippen LogP contribution in [0.4, 0.5) is 23.0 Å². The number of fused-ring (bicyclic) bond motifs is 1. The van der Waals surface area contributed by atoms with Crippen molar-refractivity contribution < 1.29 is 4.74 Å². The van der Waals surface area contributed by atoms with Crippen LogP contribution >= 0.6 is 0 Å². The summed E-state index contributed by atoms with van der Waals surface area (Å²) in [5.74, 6) is 2.07. The number of ether oxygens (including phenoxy) is 1. The highest BCUT2D eigenvalue weighted by Crippen LogP contribution is 2.30. The first kappa shape index (κ1) is 18.4. The van der Waals surface area contributed by atoms with Crippen molar-refractivity contribution >= 4 is 33.9 Å². The van der Waals surface area contributed by atoms with E-state index in [9.17, 15) is 0 Å². The third kappa shape index (κ3) is 3.65. The number of nitrogens with one attached hydrogen (secondary N) is 2. The van der Waals surface area contributed by atoms with Gasteiger partial charge in [-0.25, -0.2) is 9.97 Å². The third-order valence-electron chi connectivity index (χ3n) is 5.18. The number of aromatic nitrogens is 4. The fourth-order valence-corrected chi connectivity index (χ4v) is 3.60. The van der Waals surface area contributed by atoms with Gasteiger partial charge in [0, 0.05) is 47.2 Å². The number of aromatic amines is 1. The molecule has 4 N–H and O–H groups in total. The summed E-state index contributed by atoms with van der Waals surface area (Å²) in [7, 11) is 0. The third-order valence-corrected chi connectivity index (χ3v) is 5.18. The van der Waals surface area contributed by atoms with E-state index in [-0.39, 0.29) is 0 Å². The lowest BCUT2D eigenvalue weighted by atomic mass is 10.1. The molecule has 152 valence electrons. The summed E-state index contributed by atoms with van der Waals surface area (Å²) in [4.78, 5) is 12.0. The lowest BCUT2D eigenvalue weighted by Crippen LogP contribution is -2.36. The van der Waals surface area contributed by atoms with E-state index < -0.39 is 0 Å². The smallest absolute Gasteiger partial charge is 0.162 e. The van der Waals surface area contributed by atoms with Crippen LogP contribution < -0.4 is 16.0 Å². The number of H-pyrrole nitrogens is 1. The number of rotatable bonds is 4. The first-order valence-corrected chi connectivity index (χ1v) is 9.95. The quantitative estimate of drug-likeness (QED) is 0.450. The van der Waals surface area contributed by atoms with Crippen molar-refractivity contribution in [3.63, 3.8) is 0 Å². The molecular formula is C22H23N7O. The van der Waals surface area contributed by atoms with Crippen LogP contribution in [0, 0.1) is 6.92 Å². The maximum atomic E-state index is 5.85. The highest BCUT2D eigenvalue weighted by atomic mass is 16.5. The minimum Gasteiger partial charge on any atom is -0.399 e. The second-order valence-electron chi connectivity index (χ2n) is 7.38. The number of benzene rings is 2. The Labute approximate surface area is 174 Å². The van der Waals surface area contributed by atoms with E-state index in [0.29, 0.717) is 23.1 Å². The Morgan fingerprint density at radius 2 is 1.83 bits per heavy atom. The summed E-state index contributed by atoms with van der Waals surface area (Å²) >= 11 is 0. The van der Waals surface area contributed by atoms with Crippen LogP contribution in [0.5, 0.6) is 0 Å². The molecule has 1 fully saturated rings. The Bertz CT molecular complexity index is 1180. The average Bonchev–Trinajstić information content (AvgIpc) is 3.19. The number of nitrogens with two attached hydrogens (primary N) is 1. The Morgan fingerprint density at radius 1 is 1.03 bits per heavy atom. The minimum absolute atomic E-state index is 0.636. The van der Waals surface area contributed by atoms with Crippen molar-refractivity contribution in [1.29, 1.82) is 0 Å². The molecule has 2 aromatic heterocycles. The second kappa shape index (κ2) is 7.64. The van der Waals surface area contributed by atoms with Crippen molar-refractivity contribution in [2.45, 2.75) is 6.92 Å². The van der Waals surface area contributed by atoms with E-state index >= 15 is 0 Å². The van der Waals surface area contributed by atoms with E-state index in [2.05, 4.69) is 38.6 Å². The molecule has 0 amide bonds. The molecule has 0 spiro atoms. The molecule has 8 heteroatoms. The summed E-state index contributed by atoms with van der Waals surface area (Å²) in [6.45, 7) is 5.19. The zero-order valence-electron chi connectivity index (χ0n) is 16.7. The van der Waals surface area contributed by atoms with Gasteiger partial charge in [0.15, 0.2) is 11.6 Å². The van der Waals surface area contributed by atoms with Crippen molar-refractivity contribution in [2.24, 2.45) is 0 Å². The molecule has 1 aliphatic rings. The number of nitrogens with zero attached hydrogens (tertiary/aromatic N) is 4. The topological polar surface area (TPSA) is 105 Å². The molecule has 8 nitrogen and oxygen atoms in total. The molecule has 2 aromatic carbocycles. The second-order valence-corrected chi connectivity index (χ2v) is 7.38. The number of aryl methyl sites for hydroxylation is 1. The van der Waals surface area contributed by atoms with Gasteiger partial charge in [-0.2, -0.15) is 5.10 Å². The van der Waals surface area contributed by atoms with Gasteiger partial charge >= 0.3 is 0 Å². The Hall–Kier alpha value is -3.65. The van der Waals surface area contributed by atoms with E-state index in [1.54, 1.807) is 0 Å². The van der Waals surface area contributed by atoms with Gasteiger partial charge < -0.3 is 20.7 Å². The van der Waals surface area contributed by atoms with Crippen molar-refractivity contribution in [3.8, 4) is 11.4 Å². The zero-order chi connectivity index (χ0) is 20.5. The fraction of sp³-hybridized carbons (Fsp3) is 0.227. The molecule has 30 heavy (non-hydrogen) atoms. The van der Waals surface area contributed by atoms with Crippen molar-refractivity contribution in [2.75, 3.05) is 42.3 Å². The average molecular weight is 401 g/mol. The Morgan fingerprint density at radius 3 is 2.57 bits per heavy atom. The molecule has 4 aromatic rings. The zero-order valence-corrected chi connectivity index (χ0v) is 16.7. The molecule has 1 saturated heterocycles. The van der Waals surface area contributed by atoms with Crippen LogP contribution in [0.1, 0.15) is 5.69 Å². The maximum Gasteiger partial charge on any atom is 0.162 e. The summed E-state index contributed by atoms with van der Waals surface area (Å²) in [6.07, 6.45) is 0. The molecule has 0 radical (unpaired) electrons. The summed E-state index contributed by atoms with van der Waals surface area (Å²) in [5.41, 5.74) is 10.4. The number of hydrogen-bond acceptors (Lipinski definition) is 7. The van der Waals surface area contributed by atoms with Gasteiger partial charge in [0.25, 0.3) is 0 Å². The molecule has 0 atom stereocenters. The molecule has 0 saturated carbocycles. The molecule has 1 aliphatic heterocycles. The van der Waals surface area contributed by atoms with Gasteiger partial charge in [-0.1, -0.05) is 0 Å². The number of anilines is 4. The summed E-state index contributed by atoms with van der Waals surface area (Å²) < 4.78 is 5.49. The molecule has 3 heterocycles. The van der Waals surface area contributed by atoms with Gasteiger partial charge in [0.05, 0.1) is 18.7 Å². The van der Waals surface area contributed by atoms with Crippen LogP contribution in [0.2, 0.25) is 0 Å². The molecule has 0 bridgehead atoms. The maximum absolute atomic E-state index is 5.85. The van der Waals surface area contributed by atoms with E-state index in [4.69, 9.17) is 20.4 Å². The van der Waals surface area contributed by atoms with Gasteiger partial charge in [-0.15, -0.1) is 0 Å². The van der Waals surface area contributed by atoms with Crippen molar-refractivity contribution in [3.05, 3.63) is 54.2 Å². The lowest BCUT2D eigenvalue weighted by molar-refractivity contribution is 0.122. The number of morpholine rings is 1. The first-order valence-electron chi connectivity index (χ1n) is 9.95. The molecule has 0 unspecified atom stereocenters. The minimum atomic E-state index is 0.636. The fourth-order valence-electron chi connectivity index (χ4n) is 3.60. The van der Waals surface area contributed by atoms with Gasteiger partial charge in [0.2, 0.25) is 0 Å². The van der Waals surface area contributed by atoms with Crippen LogP contribution in [0.3, 0.4) is 0 Å². The predicted octanol–water partition coefficient (Wildman–Crippen LogP) is 3.49. The van der Waals surface area contributed by atoms with Crippen LogP contribution in [-0.4, -0.2) is 46.5 Å². The Kier molecular flexibility index (Phi) is 4.68. The van der Waals surface area contributed by atoms with Gasteiger partial charge in [-0.05, 0) is 49.4 Å². The number of nitrogen functional groups attached to an aromatic ring is 1. The van der Waals surface area contributed by atoms with Gasteiger partial charge in [0.1, 0.15) is 5.82 Å². The van der Waals surface area contributed by atoms with E-state index in [1.165, 1.54) is 0 Å². The molecular weight excluding hydrogens is 378 g/mol. The van der Waals surface area contributed by atoms with Crippen LogP contribution in [0.15, 0.2) is 48.5 Å². The SMILES string of the molecule is Cc1cc(Nc2nc(-c3ccc(N)cc3)nc3cc(N4CCOCC4)ccc23)n[nH]1. The highest BCUT2D eigenvalue weighted by molar-refractivity contribution is 5.94.